The number of carbonyl (C=O) groups excluding carboxylic acids is 4. The van der Waals surface area contributed by atoms with Crippen LogP contribution in [0.4, 0.5) is 9.80 Å². The van der Waals surface area contributed by atoms with Crippen LogP contribution in [0.5, 0.6) is 0 Å². The van der Waals surface area contributed by atoms with Gasteiger partial charge in [0.15, 0.2) is 0 Å². The molecule has 2 heterocycles. The van der Waals surface area contributed by atoms with Crippen LogP contribution in [0.1, 0.15) is 50.6 Å². The summed E-state index contributed by atoms with van der Waals surface area (Å²) in [7, 11) is -2.69. The maximum Gasteiger partial charge on any atom is 0.413 e. The molecule has 11 nitrogen and oxygen atoms in total. The SMILES string of the molecule is CCN(Cc1ccccc1)S(=O)(=O)c1ccc(C(=O)Nc2sc3c(c2C(=O)NC(=O)OC)CCN(C(C)=O)C3)cc1. The monoisotopic (exact) mass is 598 g/mol. The molecular weight excluding hydrogens is 568 g/mol. The fraction of sp³-hybridized carbons (Fsp3) is 0.286. The van der Waals surface area contributed by atoms with E-state index in [4.69, 9.17) is 0 Å². The molecule has 13 heteroatoms. The van der Waals surface area contributed by atoms with Crippen LogP contribution in [0.25, 0.3) is 0 Å². The predicted octanol–water partition coefficient (Wildman–Crippen LogP) is 3.61. The Morgan fingerprint density at radius 2 is 1.71 bits per heavy atom. The molecule has 2 N–H and O–H groups in total. The molecule has 1 aliphatic heterocycles. The van der Waals surface area contributed by atoms with Gasteiger partial charge in [0.25, 0.3) is 11.8 Å². The smallest absolute Gasteiger partial charge is 0.413 e. The van der Waals surface area contributed by atoms with Crippen LogP contribution in [0.15, 0.2) is 59.5 Å². The summed E-state index contributed by atoms with van der Waals surface area (Å²) in [6, 6.07) is 14.8. The van der Waals surface area contributed by atoms with Gasteiger partial charge in [0, 0.05) is 37.0 Å². The van der Waals surface area contributed by atoms with E-state index in [0.29, 0.717) is 18.5 Å². The largest absolute Gasteiger partial charge is 0.453 e. The number of hydrogen-bond acceptors (Lipinski definition) is 8. The summed E-state index contributed by atoms with van der Waals surface area (Å²) in [6.45, 7) is 4.35. The molecule has 0 radical (unpaired) electrons. The molecule has 4 rings (SSSR count). The number of rotatable bonds is 8. The Hall–Kier alpha value is -4.07. The second-order valence-corrected chi connectivity index (χ2v) is 12.3. The Bertz CT molecular complexity index is 1570. The van der Waals surface area contributed by atoms with Crippen molar-refractivity contribution in [2.75, 3.05) is 25.5 Å². The summed E-state index contributed by atoms with van der Waals surface area (Å²) in [5.41, 5.74) is 1.80. The third-order valence-electron chi connectivity index (χ3n) is 6.67. The Morgan fingerprint density at radius 1 is 1.02 bits per heavy atom. The molecule has 216 valence electrons. The lowest BCUT2D eigenvalue weighted by atomic mass is 10.0. The summed E-state index contributed by atoms with van der Waals surface area (Å²) in [4.78, 5) is 52.2. The van der Waals surface area contributed by atoms with E-state index in [1.165, 1.54) is 35.5 Å². The van der Waals surface area contributed by atoms with E-state index in [1.807, 2.05) is 30.3 Å². The lowest BCUT2D eigenvalue weighted by Crippen LogP contribution is -2.35. The van der Waals surface area contributed by atoms with E-state index in [1.54, 1.807) is 11.8 Å². The third-order valence-corrected chi connectivity index (χ3v) is 9.73. The van der Waals surface area contributed by atoms with Crippen LogP contribution in [-0.2, 0) is 39.1 Å². The number of sulfonamides is 1. The van der Waals surface area contributed by atoms with E-state index in [0.717, 1.165) is 28.9 Å². The van der Waals surface area contributed by atoms with E-state index in [9.17, 15) is 27.6 Å². The molecule has 0 saturated heterocycles. The molecule has 0 atom stereocenters. The van der Waals surface area contributed by atoms with E-state index in [-0.39, 0.29) is 46.6 Å². The molecule has 1 aromatic heterocycles. The Labute approximate surface area is 242 Å². The first kappa shape index (κ1) is 29.9. The average molecular weight is 599 g/mol. The number of alkyl carbamates (subject to hydrolysis) is 1. The highest BCUT2D eigenvalue weighted by Crippen LogP contribution is 2.37. The van der Waals surface area contributed by atoms with Crippen molar-refractivity contribution in [3.63, 3.8) is 0 Å². The predicted molar refractivity (Wildman–Crippen MR) is 153 cm³/mol. The summed E-state index contributed by atoms with van der Waals surface area (Å²) >= 11 is 1.14. The molecule has 41 heavy (non-hydrogen) atoms. The number of amides is 4. The van der Waals surface area contributed by atoms with Gasteiger partial charge in [-0.05, 0) is 41.8 Å². The molecule has 3 aromatic rings. The lowest BCUT2D eigenvalue weighted by Gasteiger charge is -2.25. The summed E-state index contributed by atoms with van der Waals surface area (Å²) in [5, 5.41) is 5.07. The minimum atomic E-state index is -3.82. The Balaban J connectivity index is 1.57. The van der Waals surface area contributed by atoms with Crippen molar-refractivity contribution in [1.29, 1.82) is 0 Å². The standard InChI is InChI=1S/C28H30N4O7S2/c1-4-32(16-19-8-6-5-7-9-19)41(37,38)21-12-10-20(11-13-21)25(34)29-27-24(26(35)30-28(36)39-3)22-14-15-31(18(2)33)17-23(22)40-27/h5-13H,4,14-17H2,1-3H3,(H,29,34)(H,30,35,36). The first-order valence-electron chi connectivity index (χ1n) is 12.8. The first-order chi connectivity index (χ1) is 19.5. The fourth-order valence-electron chi connectivity index (χ4n) is 4.46. The number of imide groups is 1. The normalized spacial score (nSPS) is 12.9. The highest BCUT2D eigenvalue weighted by molar-refractivity contribution is 7.89. The average Bonchev–Trinajstić information content (AvgIpc) is 3.33. The number of benzene rings is 2. The number of hydrogen-bond donors (Lipinski definition) is 2. The van der Waals surface area contributed by atoms with Gasteiger partial charge in [-0.2, -0.15) is 4.31 Å². The van der Waals surface area contributed by atoms with Crippen molar-refractivity contribution in [3.8, 4) is 0 Å². The number of fused-ring (bicyclic) bond motifs is 1. The van der Waals surface area contributed by atoms with Crippen LogP contribution in [0.3, 0.4) is 0 Å². The molecule has 0 fully saturated rings. The van der Waals surface area contributed by atoms with Crippen LogP contribution < -0.4 is 10.6 Å². The number of ether oxygens (including phenoxy) is 1. The zero-order valence-electron chi connectivity index (χ0n) is 22.8. The molecule has 0 spiro atoms. The zero-order chi connectivity index (χ0) is 29.7. The molecule has 0 aliphatic carbocycles. The van der Waals surface area contributed by atoms with Crippen LogP contribution in [0.2, 0.25) is 0 Å². The summed E-state index contributed by atoms with van der Waals surface area (Å²) < 4.78 is 32.4. The fourth-order valence-corrected chi connectivity index (χ4v) is 7.16. The molecule has 2 aromatic carbocycles. The van der Waals surface area contributed by atoms with Crippen molar-refractivity contribution < 1.29 is 32.3 Å². The van der Waals surface area contributed by atoms with Gasteiger partial charge in [-0.15, -0.1) is 11.3 Å². The van der Waals surface area contributed by atoms with Crippen molar-refractivity contribution in [2.24, 2.45) is 0 Å². The van der Waals surface area contributed by atoms with E-state index in [2.05, 4.69) is 15.4 Å². The number of anilines is 1. The van der Waals surface area contributed by atoms with Gasteiger partial charge < -0.3 is 15.0 Å². The zero-order valence-corrected chi connectivity index (χ0v) is 24.4. The highest BCUT2D eigenvalue weighted by atomic mass is 32.2. The van der Waals surface area contributed by atoms with Gasteiger partial charge >= 0.3 is 6.09 Å². The van der Waals surface area contributed by atoms with Crippen molar-refractivity contribution in [3.05, 3.63) is 81.7 Å². The first-order valence-corrected chi connectivity index (χ1v) is 15.1. The van der Waals surface area contributed by atoms with Gasteiger partial charge in [-0.1, -0.05) is 37.3 Å². The highest BCUT2D eigenvalue weighted by Gasteiger charge is 2.31. The van der Waals surface area contributed by atoms with Crippen molar-refractivity contribution in [1.82, 2.24) is 14.5 Å². The number of nitrogens with zero attached hydrogens (tertiary/aromatic N) is 2. The summed E-state index contributed by atoms with van der Waals surface area (Å²) in [5.74, 6) is -1.42. The maximum atomic E-state index is 13.3. The van der Waals surface area contributed by atoms with Crippen LogP contribution >= 0.6 is 11.3 Å². The molecule has 0 bridgehead atoms. The molecule has 0 saturated carbocycles. The van der Waals surface area contributed by atoms with E-state index < -0.39 is 27.9 Å². The second-order valence-electron chi connectivity index (χ2n) is 9.24. The van der Waals surface area contributed by atoms with Gasteiger partial charge in [0.05, 0.1) is 24.1 Å². The van der Waals surface area contributed by atoms with Crippen molar-refractivity contribution in [2.45, 2.75) is 38.3 Å². The quantitative estimate of drug-likeness (QED) is 0.403. The molecule has 0 unspecified atom stereocenters. The van der Waals surface area contributed by atoms with Gasteiger partial charge in [0.1, 0.15) is 5.00 Å². The van der Waals surface area contributed by atoms with E-state index >= 15 is 0 Å². The third kappa shape index (κ3) is 6.64. The molecule has 4 amide bonds. The Kier molecular flexibility index (Phi) is 9.21. The van der Waals surface area contributed by atoms with Gasteiger partial charge in [0.2, 0.25) is 15.9 Å². The number of nitrogens with one attached hydrogen (secondary N) is 2. The van der Waals surface area contributed by atoms with Crippen LogP contribution in [-0.4, -0.2) is 61.6 Å². The second kappa shape index (κ2) is 12.6. The lowest BCUT2D eigenvalue weighted by molar-refractivity contribution is -0.129. The maximum absolute atomic E-state index is 13.3. The number of methoxy groups -OCH3 is 1. The van der Waals surface area contributed by atoms with Crippen molar-refractivity contribution >= 4 is 50.2 Å². The van der Waals surface area contributed by atoms with Gasteiger partial charge in [-0.3, -0.25) is 19.7 Å². The minimum Gasteiger partial charge on any atom is -0.453 e. The minimum absolute atomic E-state index is 0.0425. The van der Waals surface area contributed by atoms with Crippen LogP contribution in [0, 0.1) is 0 Å². The molecular formula is C28H30N4O7S2. The molecule has 1 aliphatic rings. The topological polar surface area (TPSA) is 142 Å². The number of carbonyl (C=O) groups is 4. The Morgan fingerprint density at radius 3 is 2.32 bits per heavy atom. The number of thiophene rings is 1. The van der Waals surface area contributed by atoms with Gasteiger partial charge in [-0.25, -0.2) is 13.2 Å². The summed E-state index contributed by atoms with van der Waals surface area (Å²) in [6.07, 6.45) is -0.576.